The lowest BCUT2D eigenvalue weighted by molar-refractivity contribution is -0.179. The van der Waals surface area contributed by atoms with E-state index in [1.165, 1.54) is 4.90 Å². The molecule has 2 rings (SSSR count). The molecule has 0 saturated carbocycles. The summed E-state index contributed by atoms with van der Waals surface area (Å²) in [5.41, 5.74) is 1.000. The summed E-state index contributed by atoms with van der Waals surface area (Å²) in [6.45, 7) is -0.583. The van der Waals surface area contributed by atoms with Crippen LogP contribution in [0.5, 0.6) is 0 Å². The quantitative estimate of drug-likeness (QED) is 0.760. The Labute approximate surface area is 149 Å². The van der Waals surface area contributed by atoms with Crippen LogP contribution in [0.4, 0.5) is 18.0 Å². The Bertz CT molecular complexity index is 571. The second kappa shape index (κ2) is 9.20. The van der Waals surface area contributed by atoms with E-state index in [4.69, 9.17) is 0 Å². The molecule has 1 heterocycles. The standard InChI is InChI=1S/C17H23F3N2O4/c18-17(19,20)12-26-11-15(23)10-21-6-7-22(16(24)25)14(9-21)8-13-4-2-1-3-5-13/h1-5,14-15,23H,6-12H2,(H,24,25)/t14-,15?/m1/s1. The molecule has 2 N–H and O–H groups in total. The average Bonchev–Trinajstić information content (AvgIpc) is 2.54. The number of β-amino-alcohol motifs (C(OH)–C–C–N with tert-alkyl or cyclic N) is 1. The van der Waals surface area contributed by atoms with Gasteiger partial charge in [0.2, 0.25) is 0 Å². The SMILES string of the molecule is O=C(O)N1CCN(CC(O)COCC(F)(F)F)C[C@H]1Cc1ccccc1. The Hall–Kier alpha value is -1.84. The van der Waals surface area contributed by atoms with Crippen molar-refractivity contribution >= 4 is 6.09 Å². The molecule has 1 amide bonds. The molecule has 1 aromatic rings. The molecule has 9 heteroatoms. The Kier molecular flexibility index (Phi) is 7.24. The van der Waals surface area contributed by atoms with Gasteiger partial charge < -0.3 is 19.8 Å². The molecular weight excluding hydrogens is 353 g/mol. The van der Waals surface area contributed by atoms with Gasteiger partial charge in [0.1, 0.15) is 6.61 Å². The fraction of sp³-hybridized carbons (Fsp3) is 0.588. The van der Waals surface area contributed by atoms with Gasteiger partial charge in [0.05, 0.1) is 18.8 Å². The van der Waals surface area contributed by atoms with Crippen molar-refractivity contribution in [3.63, 3.8) is 0 Å². The smallest absolute Gasteiger partial charge is 0.411 e. The number of amides is 1. The number of benzene rings is 1. The average molecular weight is 376 g/mol. The first-order valence-corrected chi connectivity index (χ1v) is 8.33. The number of carboxylic acid groups (broad SMARTS) is 1. The summed E-state index contributed by atoms with van der Waals surface area (Å²) in [5, 5.41) is 19.3. The zero-order valence-electron chi connectivity index (χ0n) is 14.2. The van der Waals surface area contributed by atoms with Gasteiger partial charge in [0, 0.05) is 26.2 Å². The molecule has 1 fully saturated rings. The van der Waals surface area contributed by atoms with Crippen molar-refractivity contribution in [2.45, 2.75) is 24.7 Å². The number of hydrogen-bond acceptors (Lipinski definition) is 4. The van der Waals surface area contributed by atoms with E-state index < -0.39 is 31.6 Å². The first-order chi connectivity index (χ1) is 12.2. The highest BCUT2D eigenvalue weighted by Gasteiger charge is 2.32. The zero-order valence-corrected chi connectivity index (χ0v) is 14.2. The van der Waals surface area contributed by atoms with Gasteiger partial charge in [-0.05, 0) is 12.0 Å². The molecule has 1 saturated heterocycles. The molecule has 0 aliphatic carbocycles. The van der Waals surface area contributed by atoms with Crippen LogP contribution < -0.4 is 0 Å². The lowest BCUT2D eigenvalue weighted by Gasteiger charge is -2.40. The number of halogens is 3. The molecule has 1 unspecified atom stereocenters. The van der Waals surface area contributed by atoms with E-state index in [9.17, 15) is 28.2 Å². The third-order valence-corrected chi connectivity index (χ3v) is 4.17. The first-order valence-electron chi connectivity index (χ1n) is 8.33. The highest BCUT2D eigenvalue weighted by molar-refractivity contribution is 5.65. The Morgan fingerprint density at radius 3 is 2.58 bits per heavy atom. The molecular formula is C17H23F3N2O4. The fourth-order valence-corrected chi connectivity index (χ4v) is 3.06. The molecule has 0 aromatic heterocycles. The van der Waals surface area contributed by atoms with Gasteiger partial charge in [-0.2, -0.15) is 13.2 Å². The van der Waals surface area contributed by atoms with Crippen LogP contribution in [0.3, 0.4) is 0 Å². The topological polar surface area (TPSA) is 73.2 Å². The number of rotatable bonds is 7. The minimum atomic E-state index is -4.42. The van der Waals surface area contributed by atoms with Crippen LogP contribution in [0.2, 0.25) is 0 Å². The predicted molar refractivity (Wildman–Crippen MR) is 88.0 cm³/mol. The molecule has 1 aromatic carbocycles. The zero-order chi connectivity index (χ0) is 19.2. The number of aliphatic hydroxyl groups is 1. The number of aliphatic hydroxyl groups excluding tert-OH is 1. The van der Waals surface area contributed by atoms with Crippen molar-refractivity contribution in [2.75, 3.05) is 39.4 Å². The minimum Gasteiger partial charge on any atom is -0.465 e. The van der Waals surface area contributed by atoms with E-state index in [1.807, 2.05) is 35.2 Å². The molecule has 6 nitrogen and oxygen atoms in total. The summed E-state index contributed by atoms with van der Waals surface area (Å²) in [7, 11) is 0. The van der Waals surface area contributed by atoms with Crippen molar-refractivity contribution in [3.8, 4) is 0 Å². The second-order valence-corrected chi connectivity index (χ2v) is 6.36. The van der Waals surface area contributed by atoms with E-state index in [0.29, 0.717) is 19.5 Å². The van der Waals surface area contributed by atoms with E-state index >= 15 is 0 Å². The molecule has 146 valence electrons. The highest BCUT2D eigenvalue weighted by Crippen LogP contribution is 2.17. The number of nitrogens with zero attached hydrogens (tertiary/aromatic N) is 2. The molecule has 2 atom stereocenters. The lowest BCUT2D eigenvalue weighted by Crippen LogP contribution is -2.57. The summed E-state index contributed by atoms with van der Waals surface area (Å²) in [5.74, 6) is 0. The molecule has 0 spiro atoms. The van der Waals surface area contributed by atoms with Gasteiger partial charge in [-0.25, -0.2) is 4.79 Å². The Morgan fingerprint density at radius 1 is 1.27 bits per heavy atom. The van der Waals surface area contributed by atoms with E-state index in [-0.39, 0.29) is 19.1 Å². The van der Waals surface area contributed by atoms with Crippen molar-refractivity contribution in [2.24, 2.45) is 0 Å². The third kappa shape index (κ3) is 6.81. The van der Waals surface area contributed by atoms with Gasteiger partial charge in [0.25, 0.3) is 0 Å². The minimum absolute atomic E-state index is 0.136. The van der Waals surface area contributed by atoms with Gasteiger partial charge >= 0.3 is 12.3 Å². The van der Waals surface area contributed by atoms with E-state index in [1.54, 1.807) is 0 Å². The van der Waals surface area contributed by atoms with Gasteiger partial charge in [0.15, 0.2) is 0 Å². The molecule has 0 bridgehead atoms. The van der Waals surface area contributed by atoms with Crippen LogP contribution in [0.1, 0.15) is 5.56 Å². The number of alkyl halides is 3. The number of hydrogen-bond donors (Lipinski definition) is 2. The van der Waals surface area contributed by atoms with E-state index in [0.717, 1.165) is 5.56 Å². The van der Waals surface area contributed by atoms with Crippen LogP contribution in [0.15, 0.2) is 30.3 Å². The predicted octanol–water partition coefficient (Wildman–Crippen LogP) is 1.83. The largest absolute Gasteiger partial charge is 0.465 e. The molecule has 26 heavy (non-hydrogen) atoms. The van der Waals surface area contributed by atoms with Gasteiger partial charge in [-0.1, -0.05) is 30.3 Å². The number of ether oxygens (including phenoxy) is 1. The number of piperazine rings is 1. The van der Waals surface area contributed by atoms with Crippen LogP contribution >= 0.6 is 0 Å². The Balaban J connectivity index is 1.88. The van der Waals surface area contributed by atoms with Crippen LogP contribution in [0.25, 0.3) is 0 Å². The third-order valence-electron chi connectivity index (χ3n) is 4.17. The second-order valence-electron chi connectivity index (χ2n) is 6.36. The summed E-state index contributed by atoms with van der Waals surface area (Å²) in [6, 6.07) is 9.18. The first kappa shape index (κ1) is 20.5. The molecule has 1 aliphatic rings. The van der Waals surface area contributed by atoms with E-state index in [2.05, 4.69) is 4.74 Å². The molecule has 1 aliphatic heterocycles. The molecule has 0 radical (unpaired) electrons. The lowest BCUT2D eigenvalue weighted by atomic mass is 10.0. The summed E-state index contributed by atoms with van der Waals surface area (Å²) >= 11 is 0. The number of carbonyl (C=O) groups is 1. The van der Waals surface area contributed by atoms with Crippen molar-refractivity contribution < 1.29 is 32.9 Å². The maximum atomic E-state index is 12.1. The van der Waals surface area contributed by atoms with Crippen LogP contribution in [-0.2, 0) is 11.2 Å². The maximum absolute atomic E-state index is 12.1. The summed E-state index contributed by atoms with van der Waals surface area (Å²) in [4.78, 5) is 14.7. The monoisotopic (exact) mass is 376 g/mol. The highest BCUT2D eigenvalue weighted by atomic mass is 19.4. The van der Waals surface area contributed by atoms with Gasteiger partial charge in [-0.15, -0.1) is 0 Å². The Morgan fingerprint density at radius 2 is 1.96 bits per heavy atom. The van der Waals surface area contributed by atoms with Crippen molar-refractivity contribution in [3.05, 3.63) is 35.9 Å². The van der Waals surface area contributed by atoms with Crippen LogP contribution in [0, 0.1) is 0 Å². The van der Waals surface area contributed by atoms with Crippen LogP contribution in [-0.4, -0.2) is 83.8 Å². The van der Waals surface area contributed by atoms with Crippen molar-refractivity contribution in [1.82, 2.24) is 9.80 Å². The van der Waals surface area contributed by atoms with Gasteiger partial charge in [-0.3, -0.25) is 4.90 Å². The fourth-order valence-electron chi connectivity index (χ4n) is 3.06. The maximum Gasteiger partial charge on any atom is 0.411 e. The summed E-state index contributed by atoms with van der Waals surface area (Å²) < 4.78 is 40.7. The summed E-state index contributed by atoms with van der Waals surface area (Å²) in [6.07, 6.45) is -5.96. The van der Waals surface area contributed by atoms with Crippen molar-refractivity contribution in [1.29, 1.82) is 0 Å². The normalized spacial score (nSPS) is 20.2.